The Balaban J connectivity index is 2.71. The van der Waals surface area contributed by atoms with E-state index in [-0.39, 0.29) is 0 Å². The van der Waals surface area contributed by atoms with Gasteiger partial charge in [-0.3, -0.25) is 0 Å². The molecule has 1 aliphatic heterocycles. The molecule has 0 spiro atoms. The Morgan fingerprint density at radius 2 is 1.56 bits per heavy atom. The second-order valence-corrected chi connectivity index (χ2v) is 4.06. The van der Waals surface area contributed by atoms with Gasteiger partial charge in [-0.1, -0.05) is 6.08 Å². The van der Waals surface area contributed by atoms with Crippen molar-refractivity contribution in [3.8, 4) is 0 Å². The quantitative estimate of drug-likeness (QED) is 0.169. The Bertz CT molecular complexity index is 472. The summed E-state index contributed by atoms with van der Waals surface area (Å²) >= 11 is 0. The van der Waals surface area contributed by atoms with E-state index in [1.807, 2.05) is 0 Å². The van der Waals surface area contributed by atoms with Crippen molar-refractivity contribution >= 4 is 5.97 Å². The smallest absolute Gasteiger partial charge is 0.377 e. The number of carbonyl (C=O) groups is 1. The molecule has 1 saturated heterocycles. The van der Waals surface area contributed by atoms with Gasteiger partial charge in [-0.2, -0.15) is 0 Å². The van der Waals surface area contributed by atoms with Crippen molar-refractivity contribution in [2.75, 3.05) is 0 Å². The standard InChI is InChI=1S/C9H10O9/c10-5-8(14,15)9(16,17)7(13)4(18-5)2-1-3-6(7,11)12/h1-3,11-17H. The highest BCUT2D eigenvalue weighted by atomic mass is 16.7. The van der Waals surface area contributed by atoms with Crippen LogP contribution in [-0.4, -0.2) is 64.7 Å². The lowest BCUT2D eigenvalue weighted by atomic mass is 9.74. The lowest BCUT2D eigenvalue weighted by molar-refractivity contribution is -0.443. The lowest BCUT2D eigenvalue weighted by Gasteiger charge is -2.52. The summed E-state index contributed by atoms with van der Waals surface area (Å²) in [6.45, 7) is 0. The molecule has 100 valence electrons. The SMILES string of the molecule is O=C1OC2=CC=CC(O)(O)C2(O)C(O)(O)C1(O)O. The Labute approximate surface area is 99.1 Å². The van der Waals surface area contributed by atoms with E-state index in [1.54, 1.807) is 0 Å². The van der Waals surface area contributed by atoms with E-state index in [2.05, 4.69) is 4.74 Å². The molecule has 9 nitrogen and oxygen atoms in total. The van der Waals surface area contributed by atoms with Gasteiger partial charge in [0.2, 0.25) is 11.4 Å². The van der Waals surface area contributed by atoms with Crippen LogP contribution in [0.25, 0.3) is 0 Å². The predicted molar refractivity (Wildman–Crippen MR) is 49.8 cm³/mol. The van der Waals surface area contributed by atoms with E-state index in [0.717, 1.165) is 12.2 Å². The molecule has 0 bridgehead atoms. The van der Waals surface area contributed by atoms with E-state index < -0.39 is 34.7 Å². The van der Waals surface area contributed by atoms with Crippen LogP contribution in [0, 0.1) is 0 Å². The summed E-state index contributed by atoms with van der Waals surface area (Å²) in [4.78, 5) is 11.2. The zero-order valence-electron chi connectivity index (χ0n) is 8.68. The highest BCUT2D eigenvalue weighted by molar-refractivity contribution is 5.82. The maximum atomic E-state index is 11.2. The minimum Gasteiger partial charge on any atom is -0.423 e. The molecule has 0 amide bonds. The Morgan fingerprint density at radius 1 is 1.00 bits per heavy atom. The fraction of sp³-hybridized carbons (Fsp3) is 0.444. The predicted octanol–water partition coefficient (Wildman–Crippen LogP) is -4.23. The minimum absolute atomic E-state index is 0.535. The van der Waals surface area contributed by atoms with E-state index in [1.165, 1.54) is 0 Å². The largest absolute Gasteiger partial charge is 0.423 e. The van der Waals surface area contributed by atoms with Gasteiger partial charge in [-0.25, -0.2) is 4.79 Å². The molecular formula is C9H10O9. The molecular weight excluding hydrogens is 252 g/mol. The summed E-state index contributed by atoms with van der Waals surface area (Å²) in [5.74, 6) is -14.1. The van der Waals surface area contributed by atoms with Crippen LogP contribution < -0.4 is 0 Å². The average Bonchev–Trinajstić information content (AvgIpc) is 2.22. The van der Waals surface area contributed by atoms with Crippen molar-refractivity contribution in [3.63, 3.8) is 0 Å². The van der Waals surface area contributed by atoms with Gasteiger partial charge < -0.3 is 40.5 Å². The minimum atomic E-state index is -4.02. The van der Waals surface area contributed by atoms with Crippen LogP contribution in [0.15, 0.2) is 24.0 Å². The fourth-order valence-corrected chi connectivity index (χ4v) is 1.79. The van der Waals surface area contributed by atoms with Gasteiger partial charge >= 0.3 is 11.8 Å². The molecule has 18 heavy (non-hydrogen) atoms. The first kappa shape index (κ1) is 13.1. The molecule has 1 fully saturated rings. The summed E-state index contributed by atoms with van der Waals surface area (Å²) < 4.78 is 4.26. The van der Waals surface area contributed by atoms with Crippen LogP contribution in [0.5, 0.6) is 0 Å². The summed E-state index contributed by atoms with van der Waals surface area (Å²) in [5.41, 5.74) is -3.47. The third-order valence-electron chi connectivity index (χ3n) is 2.94. The zero-order chi connectivity index (χ0) is 14.0. The molecule has 0 aromatic heterocycles. The van der Waals surface area contributed by atoms with Crippen molar-refractivity contribution in [1.29, 1.82) is 0 Å². The van der Waals surface area contributed by atoms with Crippen molar-refractivity contribution < 1.29 is 45.3 Å². The third-order valence-corrected chi connectivity index (χ3v) is 2.94. The van der Waals surface area contributed by atoms with Gasteiger partial charge in [0.15, 0.2) is 5.76 Å². The third kappa shape index (κ3) is 1.16. The molecule has 2 rings (SSSR count). The normalized spacial score (nSPS) is 35.5. The molecule has 0 saturated carbocycles. The molecule has 1 unspecified atom stereocenters. The highest BCUT2D eigenvalue weighted by Crippen LogP contribution is 2.48. The van der Waals surface area contributed by atoms with Crippen LogP contribution in [-0.2, 0) is 9.53 Å². The second-order valence-electron chi connectivity index (χ2n) is 4.06. The number of fused-ring (bicyclic) bond motifs is 1. The van der Waals surface area contributed by atoms with Gasteiger partial charge in [-0.15, -0.1) is 0 Å². The lowest BCUT2D eigenvalue weighted by Crippen LogP contribution is -2.81. The van der Waals surface area contributed by atoms with Gasteiger partial charge in [-0.05, 0) is 12.2 Å². The number of aliphatic hydroxyl groups is 7. The number of allylic oxidation sites excluding steroid dienone is 2. The van der Waals surface area contributed by atoms with Crippen LogP contribution >= 0.6 is 0 Å². The summed E-state index contributed by atoms with van der Waals surface area (Å²) in [6.07, 6.45) is 2.32. The van der Waals surface area contributed by atoms with E-state index in [9.17, 15) is 40.5 Å². The first-order chi connectivity index (χ1) is 7.98. The summed E-state index contributed by atoms with van der Waals surface area (Å²) in [7, 11) is 0. The van der Waals surface area contributed by atoms with E-state index in [4.69, 9.17) is 0 Å². The summed E-state index contributed by atoms with van der Waals surface area (Å²) in [6, 6.07) is 0. The van der Waals surface area contributed by atoms with Crippen molar-refractivity contribution in [2.24, 2.45) is 0 Å². The number of hydrogen-bond acceptors (Lipinski definition) is 9. The van der Waals surface area contributed by atoms with Gasteiger partial charge in [0.05, 0.1) is 0 Å². The fourth-order valence-electron chi connectivity index (χ4n) is 1.79. The molecule has 1 atom stereocenters. The highest BCUT2D eigenvalue weighted by Gasteiger charge is 2.78. The molecule has 9 heteroatoms. The van der Waals surface area contributed by atoms with Crippen molar-refractivity contribution in [2.45, 2.75) is 23.0 Å². The molecule has 7 N–H and O–H groups in total. The number of rotatable bonds is 0. The Morgan fingerprint density at radius 3 is 2.11 bits per heavy atom. The topological polar surface area (TPSA) is 168 Å². The summed E-state index contributed by atoms with van der Waals surface area (Å²) in [5, 5.41) is 66.7. The molecule has 0 radical (unpaired) electrons. The molecule has 1 aliphatic carbocycles. The number of carbonyl (C=O) groups excluding carboxylic acids is 1. The van der Waals surface area contributed by atoms with Crippen LogP contribution in [0.1, 0.15) is 0 Å². The van der Waals surface area contributed by atoms with Crippen LogP contribution in [0.2, 0.25) is 0 Å². The monoisotopic (exact) mass is 262 g/mol. The molecule has 1 heterocycles. The van der Waals surface area contributed by atoms with Crippen molar-refractivity contribution in [3.05, 3.63) is 24.0 Å². The first-order valence-electron chi connectivity index (χ1n) is 4.67. The maximum Gasteiger partial charge on any atom is 0.377 e. The average molecular weight is 262 g/mol. The number of esters is 1. The van der Waals surface area contributed by atoms with Gasteiger partial charge in [0.1, 0.15) is 0 Å². The molecule has 0 aromatic rings. The maximum absolute atomic E-state index is 11.2. The molecule has 2 aliphatic rings. The zero-order valence-corrected chi connectivity index (χ0v) is 8.68. The van der Waals surface area contributed by atoms with Gasteiger partial charge in [0.25, 0.3) is 5.79 Å². The first-order valence-corrected chi connectivity index (χ1v) is 4.67. The Hall–Kier alpha value is -1.33. The number of hydrogen-bond donors (Lipinski definition) is 7. The van der Waals surface area contributed by atoms with E-state index in [0.29, 0.717) is 6.08 Å². The molecule has 0 aromatic carbocycles. The van der Waals surface area contributed by atoms with Crippen LogP contribution in [0.3, 0.4) is 0 Å². The van der Waals surface area contributed by atoms with Crippen molar-refractivity contribution in [1.82, 2.24) is 0 Å². The van der Waals surface area contributed by atoms with Gasteiger partial charge in [0, 0.05) is 0 Å². The van der Waals surface area contributed by atoms with Crippen LogP contribution in [0.4, 0.5) is 0 Å². The number of ether oxygens (including phenoxy) is 1. The Kier molecular flexibility index (Phi) is 2.30. The second kappa shape index (κ2) is 3.16. The van der Waals surface area contributed by atoms with E-state index >= 15 is 0 Å².